The van der Waals surface area contributed by atoms with Crippen molar-refractivity contribution in [3.05, 3.63) is 113 Å². The van der Waals surface area contributed by atoms with E-state index < -0.39 is 6.04 Å². The molecular formula is C27H21BrN2O3S. The fourth-order valence-corrected chi connectivity index (χ4v) is 5.43. The Morgan fingerprint density at radius 2 is 1.76 bits per heavy atom. The van der Waals surface area contributed by atoms with Crippen LogP contribution in [0.1, 0.15) is 36.8 Å². The molecule has 34 heavy (non-hydrogen) atoms. The summed E-state index contributed by atoms with van der Waals surface area (Å²) in [6.07, 6.45) is 1.86. The summed E-state index contributed by atoms with van der Waals surface area (Å²) < 4.78 is 9.34. The third kappa shape index (κ3) is 4.06. The summed E-state index contributed by atoms with van der Waals surface area (Å²) in [5.74, 6) is 1.06. The zero-order chi connectivity index (χ0) is 24.0. The maximum atomic E-state index is 13.6. The zero-order valence-electron chi connectivity index (χ0n) is 18.8. The first kappa shape index (κ1) is 22.5. The quantitative estimate of drug-likeness (QED) is 0.364. The number of benzene rings is 2. The number of Topliss-reactive ketones (excluding diaryl/α,β-unsaturated/α-hetero) is 1. The van der Waals surface area contributed by atoms with Gasteiger partial charge in [0.15, 0.2) is 10.6 Å². The number of nitrogens with zero attached hydrogens (tertiary/aromatic N) is 2. The van der Waals surface area contributed by atoms with Gasteiger partial charge in [0.05, 0.1) is 4.53 Å². The van der Waals surface area contributed by atoms with Crippen LogP contribution < -0.4 is 14.9 Å². The molecule has 0 N–H and O–H groups in total. The Morgan fingerprint density at radius 3 is 2.44 bits per heavy atom. The molecule has 0 radical (unpaired) electrons. The van der Waals surface area contributed by atoms with Crippen LogP contribution in [0.5, 0.6) is 0 Å². The van der Waals surface area contributed by atoms with E-state index in [1.54, 1.807) is 11.5 Å². The minimum Gasteiger partial charge on any atom is -0.458 e. The molecule has 0 bridgehead atoms. The van der Waals surface area contributed by atoms with Crippen LogP contribution in [0.4, 0.5) is 0 Å². The van der Waals surface area contributed by atoms with Gasteiger partial charge in [-0.3, -0.25) is 14.2 Å². The molecule has 0 spiro atoms. The van der Waals surface area contributed by atoms with Crippen molar-refractivity contribution in [3.63, 3.8) is 0 Å². The molecule has 4 aromatic rings. The van der Waals surface area contributed by atoms with Gasteiger partial charge in [-0.2, -0.15) is 0 Å². The topological polar surface area (TPSA) is 64.6 Å². The number of aromatic nitrogens is 1. The van der Waals surface area contributed by atoms with Crippen LogP contribution in [0.15, 0.2) is 90.6 Å². The van der Waals surface area contributed by atoms with E-state index in [0.29, 0.717) is 32.1 Å². The molecule has 0 fully saturated rings. The number of hydrogen-bond donors (Lipinski definition) is 0. The molecule has 170 valence electrons. The number of carbonyl (C=O) groups excluding carboxylic acids is 1. The van der Waals surface area contributed by atoms with Gasteiger partial charge in [-0.25, -0.2) is 4.99 Å². The maximum absolute atomic E-state index is 13.6. The Balaban J connectivity index is 1.68. The molecule has 3 heterocycles. The third-order valence-electron chi connectivity index (χ3n) is 5.80. The number of allylic oxidation sites excluding steroid dienone is 2. The van der Waals surface area contributed by atoms with Gasteiger partial charge in [-0.1, -0.05) is 69.2 Å². The van der Waals surface area contributed by atoms with Crippen LogP contribution in [-0.4, -0.2) is 10.4 Å². The van der Waals surface area contributed by atoms with E-state index in [1.165, 1.54) is 18.3 Å². The summed E-state index contributed by atoms with van der Waals surface area (Å²) in [6.45, 7) is 5.33. The van der Waals surface area contributed by atoms with E-state index >= 15 is 0 Å². The number of halogens is 1. The lowest BCUT2D eigenvalue weighted by atomic mass is 9.98. The van der Waals surface area contributed by atoms with Gasteiger partial charge >= 0.3 is 0 Å². The second-order valence-electron chi connectivity index (χ2n) is 8.26. The van der Waals surface area contributed by atoms with Crippen molar-refractivity contribution in [3.8, 4) is 11.3 Å². The highest BCUT2D eigenvalue weighted by molar-refractivity contribution is 9.10. The summed E-state index contributed by atoms with van der Waals surface area (Å²) in [6, 6.07) is 18.8. The number of furan rings is 1. The van der Waals surface area contributed by atoms with Crippen LogP contribution in [0.2, 0.25) is 0 Å². The second kappa shape index (κ2) is 8.81. The van der Waals surface area contributed by atoms with Gasteiger partial charge < -0.3 is 4.42 Å². The van der Waals surface area contributed by atoms with Crippen LogP contribution in [0.3, 0.4) is 0 Å². The fraction of sp³-hybridized carbons (Fsp3) is 0.148. The number of hydrogen-bond acceptors (Lipinski definition) is 5. The van der Waals surface area contributed by atoms with Gasteiger partial charge in [-0.15, -0.1) is 0 Å². The van der Waals surface area contributed by atoms with Crippen LogP contribution in [0.25, 0.3) is 17.4 Å². The number of aryl methyl sites for hydroxylation is 1. The molecule has 1 aliphatic rings. The number of fused-ring (bicyclic) bond motifs is 1. The van der Waals surface area contributed by atoms with E-state index in [4.69, 9.17) is 4.42 Å². The predicted molar refractivity (Wildman–Crippen MR) is 137 cm³/mol. The largest absolute Gasteiger partial charge is 0.458 e. The fourth-order valence-electron chi connectivity index (χ4n) is 4.12. The molecule has 5 nitrogen and oxygen atoms in total. The normalized spacial score (nSPS) is 15.9. The molecule has 2 aromatic carbocycles. The standard InChI is InChI=1S/C27H21BrN2O3S/c1-15-4-6-18(7-5-15)14-23-26(32)30-25(24(17(3)31)16(2)29-27(30)34-23)22-13-12-21(33-22)19-8-10-20(28)11-9-19/h4-14,25H,1-3H3/b23-14+/t25-/m0/s1. The Kier molecular flexibility index (Phi) is 5.83. The van der Waals surface area contributed by atoms with Crippen molar-refractivity contribution in [1.82, 2.24) is 4.57 Å². The van der Waals surface area contributed by atoms with Gasteiger partial charge in [0.25, 0.3) is 5.56 Å². The van der Waals surface area contributed by atoms with Crippen molar-refractivity contribution in [2.24, 2.45) is 4.99 Å². The van der Waals surface area contributed by atoms with E-state index in [0.717, 1.165) is 21.2 Å². The molecule has 0 saturated heterocycles. The summed E-state index contributed by atoms with van der Waals surface area (Å²) in [7, 11) is 0. The monoisotopic (exact) mass is 532 g/mol. The van der Waals surface area contributed by atoms with Gasteiger partial charge in [0, 0.05) is 21.3 Å². The smallest absolute Gasteiger partial charge is 0.271 e. The van der Waals surface area contributed by atoms with Crippen molar-refractivity contribution < 1.29 is 9.21 Å². The van der Waals surface area contributed by atoms with E-state index in [-0.39, 0.29) is 11.3 Å². The molecule has 2 aromatic heterocycles. The lowest BCUT2D eigenvalue weighted by Crippen LogP contribution is -2.39. The molecule has 7 heteroatoms. The summed E-state index contributed by atoms with van der Waals surface area (Å²) in [4.78, 5) is 31.4. The summed E-state index contributed by atoms with van der Waals surface area (Å²) in [5, 5.41) is 0. The first-order valence-electron chi connectivity index (χ1n) is 10.8. The maximum Gasteiger partial charge on any atom is 0.271 e. The Morgan fingerprint density at radius 1 is 1.06 bits per heavy atom. The zero-order valence-corrected chi connectivity index (χ0v) is 21.2. The molecule has 0 saturated carbocycles. The van der Waals surface area contributed by atoms with E-state index in [1.807, 2.05) is 73.7 Å². The number of carbonyl (C=O) groups is 1. The van der Waals surface area contributed by atoms with Crippen molar-refractivity contribution >= 4 is 39.1 Å². The molecule has 0 aliphatic carbocycles. The van der Waals surface area contributed by atoms with Crippen molar-refractivity contribution in [2.75, 3.05) is 0 Å². The van der Waals surface area contributed by atoms with Crippen LogP contribution in [0, 0.1) is 6.92 Å². The molecule has 1 aliphatic heterocycles. The van der Waals surface area contributed by atoms with E-state index in [9.17, 15) is 9.59 Å². The third-order valence-corrected chi connectivity index (χ3v) is 7.31. The lowest BCUT2D eigenvalue weighted by molar-refractivity contribution is -0.114. The SMILES string of the molecule is CC(=O)C1=C(C)N=c2s/c(=C/c3ccc(C)cc3)c(=O)n2[C@H]1c1ccc(-c2ccc(Br)cc2)o1. The number of rotatable bonds is 4. The lowest BCUT2D eigenvalue weighted by Gasteiger charge is -2.22. The molecule has 0 amide bonds. The van der Waals surface area contributed by atoms with E-state index in [2.05, 4.69) is 20.9 Å². The molecular weight excluding hydrogens is 512 g/mol. The Hall–Kier alpha value is -3.29. The average Bonchev–Trinajstić information content (AvgIpc) is 3.40. The highest BCUT2D eigenvalue weighted by atomic mass is 79.9. The Labute approximate surface area is 208 Å². The molecule has 1 atom stereocenters. The van der Waals surface area contributed by atoms with Crippen molar-refractivity contribution in [2.45, 2.75) is 26.8 Å². The predicted octanol–water partition coefficient (Wildman–Crippen LogP) is 5.16. The first-order chi connectivity index (χ1) is 16.3. The number of ketones is 1. The Bertz CT molecular complexity index is 1620. The van der Waals surface area contributed by atoms with Gasteiger partial charge in [0.2, 0.25) is 0 Å². The minimum absolute atomic E-state index is 0.138. The van der Waals surface area contributed by atoms with Crippen molar-refractivity contribution in [1.29, 1.82) is 0 Å². The highest BCUT2D eigenvalue weighted by Crippen LogP contribution is 2.34. The second-order valence-corrected chi connectivity index (χ2v) is 10.2. The molecule has 5 rings (SSSR count). The average molecular weight is 533 g/mol. The summed E-state index contributed by atoms with van der Waals surface area (Å²) >= 11 is 4.76. The van der Waals surface area contributed by atoms with Crippen LogP contribution in [-0.2, 0) is 4.79 Å². The summed E-state index contributed by atoms with van der Waals surface area (Å²) in [5.41, 5.74) is 3.87. The first-order valence-corrected chi connectivity index (χ1v) is 12.4. The van der Waals surface area contributed by atoms with Gasteiger partial charge in [-0.05, 0) is 56.7 Å². The molecule has 0 unspecified atom stereocenters. The van der Waals surface area contributed by atoms with Crippen LogP contribution >= 0.6 is 27.3 Å². The highest BCUT2D eigenvalue weighted by Gasteiger charge is 2.33. The minimum atomic E-state index is -0.668. The van der Waals surface area contributed by atoms with Gasteiger partial charge in [0.1, 0.15) is 17.6 Å². The number of thiazole rings is 1.